The fraction of sp³-hybridized carbons (Fsp3) is 0.364. The second-order valence-corrected chi connectivity index (χ2v) is 9.19. The first-order chi connectivity index (χ1) is 14.8. The maximum atomic E-state index is 12.8. The molecule has 2 aliphatic heterocycles. The lowest BCUT2D eigenvalue weighted by atomic mass is 10.0. The summed E-state index contributed by atoms with van der Waals surface area (Å²) in [7, 11) is 0. The summed E-state index contributed by atoms with van der Waals surface area (Å²) in [6.45, 7) is 4.83. The third kappa shape index (κ3) is 4.46. The molecule has 5 amide bonds. The Hall–Kier alpha value is -3.20. The Kier molecular flexibility index (Phi) is 5.77. The van der Waals surface area contributed by atoms with Crippen LogP contribution in [-0.4, -0.2) is 34.7 Å². The number of carbonyl (C=O) groups excluding carboxylic acids is 4. The number of thiophene rings is 1. The van der Waals surface area contributed by atoms with Crippen LogP contribution in [0.2, 0.25) is 0 Å². The lowest BCUT2D eigenvalue weighted by Crippen LogP contribution is -2.52. The summed E-state index contributed by atoms with van der Waals surface area (Å²) in [6.07, 6.45) is 0.579. The molecule has 8 nitrogen and oxygen atoms in total. The van der Waals surface area contributed by atoms with Crippen molar-refractivity contribution in [3.8, 4) is 0 Å². The molecular weight excluding hydrogens is 416 g/mol. The van der Waals surface area contributed by atoms with Gasteiger partial charge in [-0.05, 0) is 41.7 Å². The van der Waals surface area contributed by atoms with Crippen molar-refractivity contribution in [2.24, 2.45) is 0 Å². The van der Waals surface area contributed by atoms with E-state index in [0.29, 0.717) is 30.3 Å². The number of carbonyl (C=O) groups is 4. The largest absolute Gasteiger partial charge is 0.333 e. The minimum atomic E-state index is -0.612. The molecule has 1 fully saturated rings. The number of benzene rings is 1. The third-order valence-electron chi connectivity index (χ3n) is 5.48. The number of rotatable bonds is 5. The highest BCUT2D eigenvalue weighted by Gasteiger charge is 2.40. The average molecular weight is 441 g/mol. The van der Waals surface area contributed by atoms with Gasteiger partial charge >= 0.3 is 6.03 Å². The van der Waals surface area contributed by atoms with Crippen LogP contribution in [-0.2, 0) is 22.7 Å². The Bertz CT molecular complexity index is 1060. The zero-order valence-electron chi connectivity index (χ0n) is 17.4. The van der Waals surface area contributed by atoms with E-state index < -0.39 is 11.9 Å². The monoisotopic (exact) mass is 440 g/mol. The van der Waals surface area contributed by atoms with E-state index in [4.69, 9.17) is 0 Å². The predicted octanol–water partition coefficient (Wildman–Crippen LogP) is 2.95. The fourth-order valence-corrected chi connectivity index (χ4v) is 4.87. The molecule has 0 radical (unpaired) electrons. The molecule has 3 heterocycles. The van der Waals surface area contributed by atoms with Gasteiger partial charge in [0.15, 0.2) is 0 Å². The van der Waals surface area contributed by atoms with Crippen LogP contribution < -0.4 is 16.0 Å². The quantitative estimate of drug-likeness (QED) is 0.621. The number of hydrogen-bond acceptors (Lipinski definition) is 5. The lowest BCUT2D eigenvalue weighted by molar-refractivity contribution is -0.136. The second kappa shape index (κ2) is 8.50. The van der Waals surface area contributed by atoms with Crippen molar-refractivity contribution in [1.29, 1.82) is 0 Å². The van der Waals surface area contributed by atoms with Gasteiger partial charge in [-0.25, -0.2) is 4.79 Å². The highest BCUT2D eigenvalue weighted by molar-refractivity contribution is 7.14. The first-order valence-corrected chi connectivity index (χ1v) is 11.0. The Morgan fingerprint density at radius 1 is 1.26 bits per heavy atom. The first kappa shape index (κ1) is 21.0. The molecule has 1 aromatic heterocycles. The summed E-state index contributed by atoms with van der Waals surface area (Å²) in [5.74, 6) is -0.545. The lowest BCUT2D eigenvalue weighted by Gasteiger charge is -2.29. The minimum absolute atomic E-state index is 0.198. The Morgan fingerprint density at radius 2 is 2.06 bits per heavy atom. The van der Waals surface area contributed by atoms with E-state index >= 15 is 0 Å². The molecule has 2 aromatic rings. The van der Waals surface area contributed by atoms with Gasteiger partial charge < -0.3 is 15.5 Å². The Balaban J connectivity index is 1.34. The van der Waals surface area contributed by atoms with Crippen LogP contribution in [0.4, 0.5) is 10.5 Å². The zero-order valence-corrected chi connectivity index (χ0v) is 18.2. The van der Waals surface area contributed by atoms with E-state index in [9.17, 15) is 19.2 Å². The maximum absolute atomic E-state index is 12.8. The molecule has 0 aliphatic carbocycles. The molecule has 1 unspecified atom stereocenters. The van der Waals surface area contributed by atoms with E-state index in [1.807, 2.05) is 30.3 Å². The number of piperidine rings is 1. The van der Waals surface area contributed by atoms with Crippen molar-refractivity contribution in [3.05, 3.63) is 51.2 Å². The molecule has 1 aromatic carbocycles. The van der Waals surface area contributed by atoms with Crippen LogP contribution in [0.1, 0.15) is 58.3 Å². The van der Waals surface area contributed by atoms with E-state index in [0.717, 1.165) is 21.7 Å². The number of hydrogen-bond donors (Lipinski definition) is 3. The highest BCUT2D eigenvalue weighted by atomic mass is 32.1. The molecule has 0 bridgehead atoms. The molecule has 0 spiro atoms. The number of imide groups is 1. The van der Waals surface area contributed by atoms with Crippen molar-refractivity contribution in [2.45, 2.75) is 51.7 Å². The maximum Gasteiger partial charge on any atom is 0.319 e. The molecule has 0 saturated carbocycles. The van der Waals surface area contributed by atoms with Gasteiger partial charge in [0.2, 0.25) is 11.8 Å². The van der Waals surface area contributed by atoms with Crippen LogP contribution >= 0.6 is 11.3 Å². The van der Waals surface area contributed by atoms with Crippen LogP contribution in [0, 0.1) is 0 Å². The molecule has 9 heteroatoms. The number of fused-ring (bicyclic) bond motifs is 1. The van der Waals surface area contributed by atoms with Crippen LogP contribution in [0.25, 0.3) is 0 Å². The van der Waals surface area contributed by atoms with Crippen molar-refractivity contribution in [1.82, 2.24) is 15.5 Å². The van der Waals surface area contributed by atoms with Crippen molar-refractivity contribution in [3.63, 3.8) is 0 Å². The molecule has 1 atom stereocenters. The van der Waals surface area contributed by atoms with E-state index in [-0.39, 0.29) is 24.3 Å². The molecule has 162 valence electrons. The zero-order chi connectivity index (χ0) is 22.1. The van der Waals surface area contributed by atoms with Crippen LogP contribution in [0.15, 0.2) is 30.3 Å². The van der Waals surface area contributed by atoms with Gasteiger partial charge in [0.1, 0.15) is 6.04 Å². The van der Waals surface area contributed by atoms with Gasteiger partial charge in [-0.15, -0.1) is 11.3 Å². The van der Waals surface area contributed by atoms with Crippen molar-refractivity contribution in [2.75, 3.05) is 5.32 Å². The van der Waals surface area contributed by atoms with E-state index in [1.54, 1.807) is 0 Å². The first-order valence-electron chi connectivity index (χ1n) is 10.2. The van der Waals surface area contributed by atoms with Gasteiger partial charge in [-0.1, -0.05) is 26.0 Å². The Morgan fingerprint density at radius 3 is 2.77 bits per heavy atom. The van der Waals surface area contributed by atoms with Crippen LogP contribution in [0.5, 0.6) is 0 Å². The average Bonchev–Trinajstić information content (AvgIpc) is 3.26. The van der Waals surface area contributed by atoms with E-state index in [1.165, 1.54) is 16.2 Å². The number of nitrogens with zero attached hydrogens (tertiary/aromatic N) is 1. The third-order valence-corrected chi connectivity index (χ3v) is 6.64. The van der Waals surface area contributed by atoms with Gasteiger partial charge in [0.05, 0.1) is 11.4 Å². The number of urea groups is 1. The predicted molar refractivity (Wildman–Crippen MR) is 117 cm³/mol. The summed E-state index contributed by atoms with van der Waals surface area (Å²) in [5, 5.41) is 7.95. The van der Waals surface area contributed by atoms with Crippen molar-refractivity contribution >= 4 is 40.8 Å². The van der Waals surface area contributed by atoms with Gasteiger partial charge in [-0.2, -0.15) is 0 Å². The minimum Gasteiger partial charge on any atom is -0.333 e. The summed E-state index contributed by atoms with van der Waals surface area (Å²) >= 11 is 1.32. The number of nitrogens with one attached hydrogen (secondary N) is 3. The molecule has 3 N–H and O–H groups in total. The summed E-state index contributed by atoms with van der Waals surface area (Å²) in [6, 6.07) is 8.69. The second-order valence-electron chi connectivity index (χ2n) is 8.05. The molecular formula is C22H24N4O4S. The molecule has 31 heavy (non-hydrogen) atoms. The topological polar surface area (TPSA) is 108 Å². The molecule has 2 aliphatic rings. The molecule has 1 saturated heterocycles. The highest BCUT2D eigenvalue weighted by Crippen LogP contribution is 2.33. The summed E-state index contributed by atoms with van der Waals surface area (Å²) in [5.41, 5.74) is 2.72. The number of anilines is 1. The fourth-order valence-electron chi connectivity index (χ4n) is 3.81. The van der Waals surface area contributed by atoms with Crippen LogP contribution in [0.3, 0.4) is 0 Å². The Labute approximate surface area is 184 Å². The summed E-state index contributed by atoms with van der Waals surface area (Å²) < 4.78 is 0. The van der Waals surface area contributed by atoms with Gasteiger partial charge in [0, 0.05) is 23.5 Å². The summed E-state index contributed by atoms with van der Waals surface area (Å²) in [4.78, 5) is 51.4. The van der Waals surface area contributed by atoms with Gasteiger partial charge in [-0.3, -0.25) is 19.7 Å². The van der Waals surface area contributed by atoms with Gasteiger partial charge in [0.25, 0.3) is 5.91 Å². The standard InChI is InChI=1S/C22H24N4O4S/c1-12(2)13-4-3-5-15(8-13)24-22(30)23-10-16-9-14-11-26(21(29)19(14)31-16)17-6-7-18(27)25-20(17)28/h3-5,8-9,12,17H,6-7,10-11H2,1-2H3,(H2,23,24,30)(H,25,27,28). The normalized spacial score (nSPS) is 18.2. The van der Waals surface area contributed by atoms with E-state index in [2.05, 4.69) is 29.8 Å². The SMILES string of the molecule is CC(C)c1cccc(NC(=O)NCc2cc3c(s2)C(=O)N(C2CCC(=O)NC2=O)C3)c1. The smallest absolute Gasteiger partial charge is 0.319 e. The van der Waals surface area contributed by atoms with Crippen molar-refractivity contribution < 1.29 is 19.2 Å². The molecule has 4 rings (SSSR count). The number of amides is 5.